The third-order valence-corrected chi connectivity index (χ3v) is 6.09. The molecule has 7 heteroatoms. The van der Waals surface area contributed by atoms with Gasteiger partial charge in [-0.3, -0.25) is 0 Å². The third-order valence-electron chi connectivity index (χ3n) is 6.09. The highest BCUT2D eigenvalue weighted by molar-refractivity contribution is 5.16. The molecule has 0 saturated carbocycles. The van der Waals surface area contributed by atoms with E-state index in [4.69, 9.17) is 28.7 Å². The molecule has 0 radical (unpaired) electrons. The van der Waals surface area contributed by atoms with E-state index in [1.165, 1.54) is 0 Å². The van der Waals surface area contributed by atoms with Gasteiger partial charge in [-0.2, -0.15) is 0 Å². The first-order valence-corrected chi connectivity index (χ1v) is 12.6. The Morgan fingerprint density at radius 2 is 1.73 bits per heavy atom. The van der Waals surface area contributed by atoms with Crippen LogP contribution < -0.4 is 0 Å². The fourth-order valence-electron chi connectivity index (χ4n) is 4.66. The maximum Gasteiger partial charge on any atom is 0.184 e. The molecule has 2 saturated heterocycles. The number of aliphatic hydroxyl groups is 1. The molecular weight excluding hydrogens is 424 g/mol. The molecule has 33 heavy (non-hydrogen) atoms. The lowest BCUT2D eigenvalue weighted by atomic mass is 9.96. The summed E-state index contributed by atoms with van der Waals surface area (Å²) in [5.74, 6) is 0. The Kier molecular flexibility index (Phi) is 11.0. The van der Waals surface area contributed by atoms with Crippen LogP contribution in [-0.2, 0) is 28.7 Å². The van der Waals surface area contributed by atoms with E-state index in [0.29, 0.717) is 19.4 Å². The van der Waals surface area contributed by atoms with E-state index in [2.05, 4.69) is 13.8 Å². The van der Waals surface area contributed by atoms with Crippen LogP contribution in [0.4, 0.5) is 0 Å². The first kappa shape index (κ1) is 26.5. The predicted octanol–water partition coefficient (Wildman–Crippen LogP) is 5.07. The Hall–Kier alpha value is -1.06. The van der Waals surface area contributed by atoms with Gasteiger partial charge in [0.2, 0.25) is 0 Å². The highest BCUT2D eigenvalue weighted by atomic mass is 17.2. The van der Waals surface area contributed by atoms with E-state index in [0.717, 1.165) is 37.7 Å². The molecule has 0 aliphatic carbocycles. The number of benzene rings is 1. The van der Waals surface area contributed by atoms with Crippen molar-refractivity contribution in [3.8, 4) is 0 Å². The van der Waals surface area contributed by atoms with Crippen molar-refractivity contribution in [3.05, 3.63) is 35.9 Å². The van der Waals surface area contributed by atoms with Crippen molar-refractivity contribution in [3.63, 3.8) is 0 Å². The summed E-state index contributed by atoms with van der Waals surface area (Å²) in [7, 11) is 0. The normalized spacial score (nSPS) is 32.4. The molecule has 8 unspecified atom stereocenters. The van der Waals surface area contributed by atoms with E-state index in [1.54, 1.807) is 0 Å². The molecule has 1 N–H and O–H groups in total. The van der Waals surface area contributed by atoms with Crippen LogP contribution in [0.2, 0.25) is 0 Å². The lowest BCUT2D eigenvalue weighted by molar-refractivity contribution is -0.321. The molecule has 2 fully saturated rings. The van der Waals surface area contributed by atoms with E-state index in [1.807, 2.05) is 44.2 Å². The third kappa shape index (κ3) is 8.91. The highest BCUT2D eigenvalue weighted by Crippen LogP contribution is 2.34. The van der Waals surface area contributed by atoms with E-state index >= 15 is 0 Å². The van der Waals surface area contributed by atoms with Gasteiger partial charge in [0, 0.05) is 24.8 Å². The van der Waals surface area contributed by atoms with Gasteiger partial charge in [0.25, 0.3) is 0 Å². The van der Waals surface area contributed by atoms with Crippen LogP contribution >= 0.6 is 0 Å². The molecule has 0 amide bonds. The summed E-state index contributed by atoms with van der Waals surface area (Å²) >= 11 is 0. The SMILES string of the molecule is CCCC1OC(CC(O)CC(C)OOCC)CC(CC2CC(C)OC(c3ccccc3)O2)O1. The number of hydrogen-bond acceptors (Lipinski definition) is 7. The largest absolute Gasteiger partial charge is 0.393 e. The summed E-state index contributed by atoms with van der Waals surface area (Å²) in [6, 6.07) is 10.1. The summed E-state index contributed by atoms with van der Waals surface area (Å²) in [4.78, 5) is 10.2. The van der Waals surface area contributed by atoms with Crippen LogP contribution in [-0.4, -0.2) is 54.6 Å². The number of ether oxygens (including phenoxy) is 4. The minimum atomic E-state index is -0.520. The van der Waals surface area contributed by atoms with Gasteiger partial charge in [-0.05, 0) is 40.0 Å². The summed E-state index contributed by atoms with van der Waals surface area (Å²) in [6.07, 6.45) is 4.08. The standard InChI is InChI=1S/C26H42O7/c1-5-10-25-30-23(15-21(27)13-19(4)33-28-6-2)17-24(31-25)16-22-14-18(3)29-26(32-22)20-11-8-7-9-12-20/h7-9,11-12,18-19,21-27H,5-6,10,13-17H2,1-4H3. The molecule has 8 atom stereocenters. The Morgan fingerprint density at radius 1 is 1.00 bits per heavy atom. The minimum Gasteiger partial charge on any atom is -0.393 e. The van der Waals surface area contributed by atoms with Crippen molar-refractivity contribution in [1.29, 1.82) is 0 Å². The highest BCUT2D eigenvalue weighted by Gasteiger charge is 2.36. The monoisotopic (exact) mass is 466 g/mol. The second-order valence-electron chi connectivity index (χ2n) is 9.33. The zero-order chi connectivity index (χ0) is 23.6. The molecule has 0 bridgehead atoms. The van der Waals surface area contributed by atoms with Crippen molar-refractivity contribution in [1.82, 2.24) is 0 Å². The minimum absolute atomic E-state index is 0.0244. The van der Waals surface area contributed by atoms with Gasteiger partial charge in [-0.25, -0.2) is 9.78 Å². The second kappa shape index (κ2) is 13.7. The molecular formula is C26H42O7. The molecule has 1 aromatic carbocycles. The summed E-state index contributed by atoms with van der Waals surface area (Å²) < 4.78 is 24.8. The Morgan fingerprint density at radius 3 is 2.45 bits per heavy atom. The first-order valence-electron chi connectivity index (χ1n) is 12.6. The van der Waals surface area contributed by atoms with E-state index in [-0.39, 0.29) is 43.1 Å². The van der Waals surface area contributed by atoms with Crippen LogP contribution in [0.5, 0.6) is 0 Å². The molecule has 3 rings (SSSR count). The quantitative estimate of drug-likeness (QED) is 0.341. The first-order chi connectivity index (χ1) is 16.0. The van der Waals surface area contributed by atoms with Gasteiger partial charge in [0.05, 0.1) is 43.2 Å². The number of aliphatic hydroxyl groups excluding tert-OH is 1. The fraction of sp³-hybridized carbons (Fsp3) is 0.769. The van der Waals surface area contributed by atoms with Crippen LogP contribution in [0.15, 0.2) is 30.3 Å². The molecule has 7 nitrogen and oxygen atoms in total. The van der Waals surface area contributed by atoms with Gasteiger partial charge in [-0.15, -0.1) is 0 Å². The van der Waals surface area contributed by atoms with Crippen LogP contribution in [0.3, 0.4) is 0 Å². The van der Waals surface area contributed by atoms with Gasteiger partial charge in [0.1, 0.15) is 0 Å². The van der Waals surface area contributed by atoms with Crippen molar-refractivity contribution in [2.75, 3.05) is 6.61 Å². The van der Waals surface area contributed by atoms with Gasteiger partial charge >= 0.3 is 0 Å². The topological polar surface area (TPSA) is 75.6 Å². The van der Waals surface area contributed by atoms with Crippen molar-refractivity contribution >= 4 is 0 Å². The smallest absolute Gasteiger partial charge is 0.184 e. The molecule has 2 aliphatic rings. The number of rotatable bonds is 12. The average Bonchev–Trinajstić information content (AvgIpc) is 2.78. The predicted molar refractivity (Wildman–Crippen MR) is 124 cm³/mol. The maximum atomic E-state index is 10.6. The van der Waals surface area contributed by atoms with Crippen LogP contribution in [0.1, 0.15) is 84.5 Å². The zero-order valence-electron chi connectivity index (χ0n) is 20.6. The molecule has 2 heterocycles. The molecule has 0 spiro atoms. The Labute approximate surface area is 198 Å². The van der Waals surface area contributed by atoms with Crippen molar-refractivity contribution in [2.24, 2.45) is 0 Å². The van der Waals surface area contributed by atoms with Gasteiger partial charge in [0.15, 0.2) is 12.6 Å². The summed E-state index contributed by atoms with van der Waals surface area (Å²) in [6.45, 7) is 8.49. The summed E-state index contributed by atoms with van der Waals surface area (Å²) in [5, 5.41) is 10.6. The average molecular weight is 467 g/mol. The van der Waals surface area contributed by atoms with Crippen molar-refractivity contribution in [2.45, 2.75) is 122 Å². The fourth-order valence-corrected chi connectivity index (χ4v) is 4.66. The molecule has 2 aliphatic heterocycles. The van der Waals surface area contributed by atoms with E-state index in [9.17, 15) is 5.11 Å². The van der Waals surface area contributed by atoms with Crippen LogP contribution in [0, 0.1) is 0 Å². The van der Waals surface area contributed by atoms with Crippen LogP contribution in [0.25, 0.3) is 0 Å². The molecule has 188 valence electrons. The maximum absolute atomic E-state index is 10.6. The number of hydrogen-bond donors (Lipinski definition) is 1. The van der Waals surface area contributed by atoms with Crippen molar-refractivity contribution < 1.29 is 33.8 Å². The Bertz CT molecular complexity index is 657. The second-order valence-corrected chi connectivity index (χ2v) is 9.33. The Balaban J connectivity index is 1.55. The van der Waals surface area contributed by atoms with E-state index < -0.39 is 6.10 Å². The van der Waals surface area contributed by atoms with Gasteiger partial charge in [-0.1, -0.05) is 43.7 Å². The zero-order valence-corrected chi connectivity index (χ0v) is 20.6. The molecule has 0 aromatic heterocycles. The summed E-state index contributed by atoms with van der Waals surface area (Å²) in [5.41, 5.74) is 1.04. The lowest BCUT2D eigenvalue weighted by Gasteiger charge is -2.40. The van der Waals surface area contributed by atoms with Gasteiger partial charge < -0.3 is 24.1 Å². The lowest BCUT2D eigenvalue weighted by Crippen LogP contribution is -2.43. The molecule has 1 aromatic rings.